The van der Waals surface area contributed by atoms with Gasteiger partial charge in [0, 0.05) is 11.8 Å². The van der Waals surface area contributed by atoms with Crippen LogP contribution >= 0.6 is 12.2 Å². The minimum Gasteiger partial charge on any atom is -0.497 e. The summed E-state index contributed by atoms with van der Waals surface area (Å²) in [5.41, 5.74) is 3.14. The number of benzene rings is 2. The molecule has 1 saturated heterocycles. The maximum Gasteiger partial charge on any atom is 0.271 e. The van der Waals surface area contributed by atoms with Crippen molar-refractivity contribution >= 4 is 47.0 Å². The van der Waals surface area contributed by atoms with E-state index in [2.05, 4.69) is 15.8 Å². The van der Waals surface area contributed by atoms with Gasteiger partial charge in [-0.3, -0.25) is 19.3 Å². The number of nitrogens with one attached hydrogen (secondary N) is 2. The third-order valence-electron chi connectivity index (χ3n) is 3.94. The van der Waals surface area contributed by atoms with Crippen LogP contribution in [-0.2, 0) is 9.59 Å². The number of thiocarbonyl (C=S) groups is 1. The molecule has 2 aromatic carbocycles. The number of hydrogen-bond donors (Lipinski definition) is 2. The van der Waals surface area contributed by atoms with E-state index < -0.39 is 23.6 Å². The molecule has 0 aromatic heterocycles. The molecule has 3 rings (SSSR count). The lowest BCUT2D eigenvalue weighted by Crippen LogP contribution is -2.58. The van der Waals surface area contributed by atoms with E-state index in [1.807, 2.05) is 0 Å². The molecule has 0 radical (unpaired) electrons. The average molecular weight is 396 g/mol. The van der Waals surface area contributed by atoms with Gasteiger partial charge in [-0.15, -0.1) is 0 Å². The van der Waals surface area contributed by atoms with Crippen LogP contribution in [0.1, 0.15) is 10.4 Å². The second kappa shape index (κ2) is 8.40. The Kier molecular flexibility index (Phi) is 5.75. The van der Waals surface area contributed by atoms with Crippen LogP contribution < -0.4 is 20.4 Å². The molecule has 0 spiro atoms. The van der Waals surface area contributed by atoms with E-state index in [-0.39, 0.29) is 5.11 Å². The van der Waals surface area contributed by atoms with Crippen LogP contribution in [0.15, 0.2) is 59.7 Å². The van der Waals surface area contributed by atoms with E-state index in [9.17, 15) is 14.4 Å². The molecule has 9 heteroatoms. The predicted octanol–water partition coefficient (Wildman–Crippen LogP) is 1.47. The Morgan fingerprint density at radius 1 is 1.21 bits per heavy atom. The van der Waals surface area contributed by atoms with Crippen molar-refractivity contribution in [3.05, 3.63) is 60.2 Å². The lowest BCUT2D eigenvalue weighted by molar-refractivity contribution is -0.130. The minimum atomic E-state index is -1.22. The molecule has 0 unspecified atom stereocenters. The number of anilines is 1. The molecule has 8 nitrogen and oxygen atoms in total. The Hall–Kier alpha value is -3.59. The van der Waals surface area contributed by atoms with Gasteiger partial charge >= 0.3 is 0 Å². The maximum absolute atomic E-state index is 12.7. The first-order chi connectivity index (χ1) is 13.5. The molecule has 0 aliphatic carbocycles. The highest BCUT2D eigenvalue weighted by Gasteiger charge is 2.38. The summed E-state index contributed by atoms with van der Waals surface area (Å²) in [6.07, 6.45) is 1.08. The zero-order valence-electron chi connectivity index (χ0n) is 14.8. The Bertz CT molecular complexity index is 961. The van der Waals surface area contributed by atoms with Crippen LogP contribution in [0.4, 0.5) is 5.69 Å². The summed E-state index contributed by atoms with van der Waals surface area (Å²) >= 11 is 5.10. The SMILES string of the molecule is COc1cccc(C(=O)N/N=C\[C@H]2C(=O)NC(=S)N(c3ccccc3)C2=O)c1. The fourth-order valence-corrected chi connectivity index (χ4v) is 2.84. The van der Waals surface area contributed by atoms with E-state index >= 15 is 0 Å². The fraction of sp³-hybridized carbons (Fsp3) is 0.105. The number of methoxy groups -OCH3 is 1. The van der Waals surface area contributed by atoms with Crippen molar-refractivity contribution in [2.24, 2.45) is 11.0 Å². The number of carbonyl (C=O) groups is 3. The zero-order chi connectivity index (χ0) is 20.1. The van der Waals surface area contributed by atoms with Gasteiger partial charge in [0.15, 0.2) is 11.0 Å². The van der Waals surface area contributed by atoms with Crippen LogP contribution in [0, 0.1) is 5.92 Å². The molecule has 1 aliphatic rings. The molecule has 1 fully saturated rings. The first-order valence-corrected chi connectivity index (χ1v) is 8.63. The first-order valence-electron chi connectivity index (χ1n) is 8.22. The monoisotopic (exact) mass is 396 g/mol. The van der Waals surface area contributed by atoms with Gasteiger partial charge in [-0.05, 0) is 42.5 Å². The van der Waals surface area contributed by atoms with Gasteiger partial charge in [-0.2, -0.15) is 5.10 Å². The smallest absolute Gasteiger partial charge is 0.271 e. The number of hydrogen-bond acceptors (Lipinski definition) is 6. The molecule has 0 bridgehead atoms. The molecule has 0 saturated carbocycles. The highest BCUT2D eigenvalue weighted by molar-refractivity contribution is 7.80. The summed E-state index contributed by atoms with van der Waals surface area (Å²) in [6, 6.07) is 15.2. The van der Waals surface area contributed by atoms with Crippen LogP contribution in [0.3, 0.4) is 0 Å². The summed E-state index contributed by atoms with van der Waals surface area (Å²) in [5.74, 6) is -2.38. The van der Waals surface area contributed by atoms with Crippen molar-refractivity contribution in [1.82, 2.24) is 10.7 Å². The second-order valence-electron chi connectivity index (χ2n) is 5.73. The molecule has 1 atom stereocenters. The highest BCUT2D eigenvalue weighted by Crippen LogP contribution is 2.19. The Morgan fingerprint density at radius 2 is 1.96 bits per heavy atom. The lowest BCUT2D eigenvalue weighted by atomic mass is 10.1. The molecular weight excluding hydrogens is 380 g/mol. The van der Waals surface area contributed by atoms with E-state index in [0.29, 0.717) is 17.0 Å². The van der Waals surface area contributed by atoms with Crippen LogP contribution in [0.25, 0.3) is 0 Å². The second-order valence-corrected chi connectivity index (χ2v) is 6.12. The molecule has 2 aromatic rings. The van der Waals surface area contributed by atoms with Crippen molar-refractivity contribution < 1.29 is 19.1 Å². The van der Waals surface area contributed by atoms with Gasteiger partial charge in [-0.25, -0.2) is 5.43 Å². The zero-order valence-corrected chi connectivity index (χ0v) is 15.6. The number of carbonyl (C=O) groups excluding carboxylic acids is 3. The topological polar surface area (TPSA) is 100 Å². The number of para-hydroxylation sites is 1. The molecule has 2 N–H and O–H groups in total. The van der Waals surface area contributed by atoms with Crippen molar-refractivity contribution in [1.29, 1.82) is 0 Å². The van der Waals surface area contributed by atoms with Crippen LogP contribution in [0.2, 0.25) is 0 Å². The molecular formula is C19H16N4O4S. The molecule has 142 valence electrons. The van der Waals surface area contributed by atoms with E-state index in [1.165, 1.54) is 12.0 Å². The van der Waals surface area contributed by atoms with Gasteiger partial charge in [0.25, 0.3) is 11.8 Å². The van der Waals surface area contributed by atoms with Gasteiger partial charge in [0.1, 0.15) is 5.75 Å². The van der Waals surface area contributed by atoms with Gasteiger partial charge < -0.3 is 10.1 Å². The normalized spacial score (nSPS) is 16.8. The third-order valence-corrected chi connectivity index (χ3v) is 4.22. The lowest BCUT2D eigenvalue weighted by Gasteiger charge is -2.30. The van der Waals surface area contributed by atoms with Crippen molar-refractivity contribution in [3.63, 3.8) is 0 Å². The van der Waals surface area contributed by atoms with Crippen molar-refractivity contribution in [2.75, 3.05) is 12.0 Å². The highest BCUT2D eigenvalue weighted by atomic mass is 32.1. The number of rotatable bonds is 5. The van der Waals surface area contributed by atoms with E-state index in [0.717, 1.165) is 6.21 Å². The van der Waals surface area contributed by atoms with Gasteiger partial charge in [0.05, 0.1) is 12.8 Å². The van der Waals surface area contributed by atoms with Crippen molar-refractivity contribution in [3.8, 4) is 5.75 Å². The molecule has 3 amide bonds. The van der Waals surface area contributed by atoms with Crippen molar-refractivity contribution in [2.45, 2.75) is 0 Å². The maximum atomic E-state index is 12.7. The standard InChI is InChI=1S/C19H16N4O4S/c1-27-14-9-5-6-12(10-14)16(24)22-20-11-15-17(25)21-19(28)23(18(15)26)13-7-3-2-4-8-13/h2-11,15H,1H3,(H,22,24)(H,21,25,28)/b20-11-/t15-/m0/s1. The summed E-state index contributed by atoms with van der Waals surface area (Å²) < 4.78 is 5.06. The first kappa shape index (κ1) is 19.2. The largest absolute Gasteiger partial charge is 0.497 e. The summed E-state index contributed by atoms with van der Waals surface area (Å²) in [6.45, 7) is 0. The van der Waals surface area contributed by atoms with Crippen LogP contribution in [-0.4, -0.2) is 36.2 Å². The number of ether oxygens (including phenoxy) is 1. The number of amides is 3. The quantitative estimate of drug-likeness (QED) is 0.345. The Balaban J connectivity index is 1.73. The summed E-state index contributed by atoms with van der Waals surface area (Å²) in [5, 5.41) is 6.23. The van der Waals surface area contributed by atoms with Gasteiger partial charge in [-0.1, -0.05) is 24.3 Å². The molecule has 1 aliphatic heterocycles. The number of nitrogens with zero attached hydrogens (tertiary/aromatic N) is 2. The molecule has 28 heavy (non-hydrogen) atoms. The average Bonchev–Trinajstić information content (AvgIpc) is 2.71. The van der Waals surface area contributed by atoms with E-state index in [1.54, 1.807) is 54.6 Å². The van der Waals surface area contributed by atoms with Gasteiger partial charge in [0.2, 0.25) is 5.91 Å². The summed E-state index contributed by atoms with van der Waals surface area (Å²) in [7, 11) is 1.49. The molecule has 1 heterocycles. The fourth-order valence-electron chi connectivity index (χ4n) is 2.54. The predicted molar refractivity (Wildman–Crippen MR) is 107 cm³/mol. The number of hydrazone groups is 1. The third kappa shape index (κ3) is 4.04. The van der Waals surface area contributed by atoms with Crippen LogP contribution in [0.5, 0.6) is 5.75 Å². The van der Waals surface area contributed by atoms with E-state index in [4.69, 9.17) is 17.0 Å². The Morgan fingerprint density at radius 3 is 2.68 bits per heavy atom. The summed E-state index contributed by atoms with van der Waals surface area (Å²) in [4.78, 5) is 38.3. The minimum absolute atomic E-state index is 0.00809. The Labute approximate surface area is 166 Å².